The molecule has 4 fully saturated rings. The minimum absolute atomic E-state index is 0. The molecule has 6 rings (SSSR count). The highest BCUT2D eigenvalue weighted by Crippen LogP contribution is 2.29. The Morgan fingerprint density at radius 3 is 1.44 bits per heavy atom. The van der Waals surface area contributed by atoms with Crippen molar-refractivity contribution in [2.75, 3.05) is 67.1 Å². The van der Waals surface area contributed by atoms with E-state index in [4.69, 9.17) is 4.74 Å². The van der Waals surface area contributed by atoms with E-state index in [0.29, 0.717) is 74.6 Å². The lowest BCUT2D eigenvalue weighted by molar-refractivity contribution is 0.331. The average Bonchev–Trinajstić information content (AvgIpc) is 3.78. The molecule has 50 heavy (non-hydrogen) atoms. The van der Waals surface area contributed by atoms with Gasteiger partial charge < -0.3 is 31.1 Å². The maximum absolute atomic E-state index is 11.6. The minimum Gasteiger partial charge on any atom is -0.503 e. The van der Waals surface area contributed by atoms with Crippen LogP contribution >= 0.6 is 0 Å². The van der Waals surface area contributed by atoms with Gasteiger partial charge in [-0.05, 0) is 51.4 Å². The minimum atomic E-state index is -3.12. The van der Waals surface area contributed by atoms with Crippen LogP contribution in [0.25, 0.3) is 0 Å². The number of nitrogens with one attached hydrogen (secondary N) is 4. The van der Waals surface area contributed by atoms with Crippen LogP contribution in [0, 0.1) is 0 Å². The summed E-state index contributed by atoms with van der Waals surface area (Å²) in [6.45, 7) is 2.06. The van der Waals surface area contributed by atoms with Crippen molar-refractivity contribution in [2.24, 2.45) is 0 Å². The van der Waals surface area contributed by atoms with Crippen molar-refractivity contribution >= 4 is 43.6 Å². The maximum atomic E-state index is 11.6. The molecular formula is C32H56N10O6S2. The monoisotopic (exact) mass is 740 g/mol. The van der Waals surface area contributed by atoms with Gasteiger partial charge in [0.1, 0.15) is 0 Å². The molecule has 2 aliphatic heterocycles. The van der Waals surface area contributed by atoms with Gasteiger partial charge in [-0.3, -0.25) is 0 Å². The summed E-state index contributed by atoms with van der Waals surface area (Å²) < 4.78 is 54.6. The summed E-state index contributed by atoms with van der Waals surface area (Å²) >= 11 is 0. The molecule has 282 valence electrons. The van der Waals surface area contributed by atoms with Gasteiger partial charge in [0, 0.05) is 50.3 Å². The Bertz CT molecular complexity index is 1590. The smallest absolute Gasteiger partial charge is 0.225 e. The van der Waals surface area contributed by atoms with Gasteiger partial charge >= 0.3 is 0 Å². The fraction of sp³-hybridized carbons (Fsp3) is 0.750. The molecule has 0 amide bonds. The van der Waals surface area contributed by atoms with Gasteiger partial charge in [0.25, 0.3) is 0 Å². The lowest BCUT2D eigenvalue weighted by Gasteiger charge is -2.30. The number of aromatic hydroxyl groups is 1. The molecule has 0 atom stereocenters. The Morgan fingerprint density at radius 1 is 0.640 bits per heavy atom. The third kappa shape index (κ3) is 11.4. The summed E-state index contributed by atoms with van der Waals surface area (Å²) in [7, 11) is -4.60. The van der Waals surface area contributed by atoms with Crippen LogP contribution in [-0.4, -0.2) is 120 Å². The van der Waals surface area contributed by atoms with Crippen LogP contribution in [0.5, 0.6) is 11.5 Å². The molecule has 0 aromatic carbocycles. The molecule has 2 saturated heterocycles. The molecule has 4 heterocycles. The third-order valence-corrected chi connectivity index (χ3v) is 12.3. The summed E-state index contributed by atoms with van der Waals surface area (Å²) in [4.78, 5) is 17.4. The number of sulfonamides is 2. The molecule has 2 aromatic heterocycles. The Morgan fingerprint density at radius 2 is 1.02 bits per heavy atom. The second-order valence-electron chi connectivity index (χ2n) is 13.5. The zero-order chi connectivity index (χ0) is 35.0. The van der Waals surface area contributed by atoms with E-state index in [0.717, 1.165) is 44.3 Å². The number of anilines is 4. The molecule has 18 heteroatoms. The number of piperidine rings is 2. The predicted molar refractivity (Wildman–Crippen MR) is 197 cm³/mol. The number of aromatic nitrogens is 4. The van der Waals surface area contributed by atoms with E-state index in [9.17, 15) is 21.9 Å². The van der Waals surface area contributed by atoms with Crippen molar-refractivity contribution in [1.82, 2.24) is 28.5 Å². The van der Waals surface area contributed by atoms with Crippen LogP contribution in [0.1, 0.15) is 84.5 Å². The molecule has 2 aromatic rings. The zero-order valence-electron chi connectivity index (χ0n) is 28.8. The van der Waals surface area contributed by atoms with Crippen molar-refractivity contribution in [2.45, 2.75) is 109 Å². The van der Waals surface area contributed by atoms with E-state index in [1.165, 1.54) is 53.0 Å². The van der Waals surface area contributed by atoms with Crippen molar-refractivity contribution < 1.29 is 26.7 Å². The van der Waals surface area contributed by atoms with E-state index in [1.807, 2.05) is 0 Å². The first-order chi connectivity index (χ1) is 23.4. The van der Waals surface area contributed by atoms with Gasteiger partial charge in [-0.25, -0.2) is 35.4 Å². The number of nitrogens with zero attached hydrogens (tertiary/aromatic N) is 6. The molecule has 0 spiro atoms. The Kier molecular flexibility index (Phi) is 14.1. The van der Waals surface area contributed by atoms with E-state index in [1.54, 1.807) is 13.3 Å². The first-order valence-electron chi connectivity index (χ1n) is 17.3. The van der Waals surface area contributed by atoms with E-state index >= 15 is 0 Å². The highest BCUT2D eigenvalue weighted by atomic mass is 32.2. The quantitative estimate of drug-likeness (QED) is 0.223. The van der Waals surface area contributed by atoms with Crippen LogP contribution in [0.3, 0.4) is 0 Å². The van der Waals surface area contributed by atoms with E-state index < -0.39 is 20.0 Å². The molecular weight excluding hydrogens is 685 g/mol. The average molecular weight is 741 g/mol. The normalized spacial score (nSPS) is 20.4. The third-order valence-electron chi connectivity index (χ3n) is 9.65. The molecule has 0 unspecified atom stereocenters. The number of hydrogen-bond acceptors (Lipinski definition) is 14. The second kappa shape index (κ2) is 17.8. The Hall–Kier alpha value is -3.22. The van der Waals surface area contributed by atoms with Crippen LogP contribution in [0.4, 0.5) is 23.5 Å². The van der Waals surface area contributed by atoms with Gasteiger partial charge in [0.05, 0.1) is 32.0 Å². The molecule has 2 saturated carbocycles. The summed E-state index contributed by atoms with van der Waals surface area (Å²) in [5.74, 6) is 2.90. The predicted octanol–water partition coefficient (Wildman–Crippen LogP) is 3.68. The van der Waals surface area contributed by atoms with Gasteiger partial charge in [-0.15, -0.1) is 0 Å². The maximum Gasteiger partial charge on any atom is 0.225 e. The topological polar surface area (TPSA) is 204 Å². The lowest BCUT2D eigenvalue weighted by atomic mass is 10.1. The molecule has 2 aliphatic carbocycles. The van der Waals surface area contributed by atoms with Crippen molar-refractivity contribution in [3.63, 3.8) is 0 Å². The van der Waals surface area contributed by atoms with Gasteiger partial charge in [0.15, 0.2) is 23.1 Å². The summed E-state index contributed by atoms with van der Waals surface area (Å²) in [6, 6.07) is 1.10. The fourth-order valence-electron chi connectivity index (χ4n) is 6.80. The SMILES string of the molecule is C.COc1cnc(NC2CCN(S(C)(=O)=O)CC2)nc1NC1CCCC1.CS(=O)(=O)N1CCC(Nc2ncc(O)c(NC3CCCC3)n2)CC1. The van der Waals surface area contributed by atoms with Crippen LogP contribution in [0.15, 0.2) is 12.4 Å². The highest BCUT2D eigenvalue weighted by Gasteiger charge is 2.27. The van der Waals surface area contributed by atoms with Crippen molar-refractivity contribution in [1.29, 1.82) is 0 Å². The fourth-order valence-corrected chi connectivity index (χ4v) is 8.55. The second-order valence-corrected chi connectivity index (χ2v) is 17.4. The highest BCUT2D eigenvalue weighted by molar-refractivity contribution is 7.88. The molecule has 0 radical (unpaired) electrons. The Labute approximate surface area is 297 Å². The zero-order valence-corrected chi connectivity index (χ0v) is 30.4. The Balaban J connectivity index is 0.000000220. The van der Waals surface area contributed by atoms with E-state index in [2.05, 4.69) is 41.2 Å². The van der Waals surface area contributed by atoms with Gasteiger partial charge in [-0.1, -0.05) is 33.1 Å². The molecule has 4 aliphatic rings. The standard InChI is InChI=1S/C16H27N5O3S.C15H25N5O3S.CH4/c1-24-14-11-17-16(20-15(14)18-12-5-3-4-6-12)19-13-7-9-21(10-8-13)25(2,22)23;1-24(22,23)20-8-6-12(7-9-20)18-15-16-10-13(21)14(19-15)17-11-4-2-3-5-11;/h11-13H,3-10H2,1-2H3,(H2,17,18,19,20);10-12,21H,2-9H2,1H3,(H2,16,17,18,19);1H4. The summed E-state index contributed by atoms with van der Waals surface area (Å²) in [5.41, 5.74) is 0. The van der Waals surface area contributed by atoms with E-state index in [-0.39, 0.29) is 25.3 Å². The van der Waals surface area contributed by atoms with Crippen LogP contribution in [-0.2, 0) is 20.0 Å². The van der Waals surface area contributed by atoms with Crippen molar-refractivity contribution in [3.05, 3.63) is 12.4 Å². The first-order valence-corrected chi connectivity index (χ1v) is 21.0. The number of methoxy groups -OCH3 is 1. The molecule has 5 N–H and O–H groups in total. The summed E-state index contributed by atoms with van der Waals surface area (Å²) in [5, 5.41) is 23.3. The number of ether oxygens (including phenoxy) is 1. The largest absolute Gasteiger partial charge is 0.503 e. The number of hydrogen-bond donors (Lipinski definition) is 5. The van der Waals surface area contributed by atoms with Crippen LogP contribution in [0.2, 0.25) is 0 Å². The van der Waals surface area contributed by atoms with Gasteiger partial charge in [0.2, 0.25) is 31.9 Å². The summed E-state index contributed by atoms with van der Waals surface area (Å²) in [6.07, 6.45) is 17.9. The van der Waals surface area contributed by atoms with Crippen molar-refractivity contribution in [3.8, 4) is 11.5 Å². The molecule has 0 bridgehead atoms. The lowest BCUT2D eigenvalue weighted by Crippen LogP contribution is -2.42. The van der Waals surface area contributed by atoms with Gasteiger partial charge in [-0.2, -0.15) is 9.97 Å². The molecule has 16 nitrogen and oxygen atoms in total. The first kappa shape index (κ1) is 39.6. The van der Waals surface area contributed by atoms with Crippen LogP contribution < -0.4 is 26.0 Å². The number of rotatable bonds is 11.